The lowest BCUT2D eigenvalue weighted by Gasteiger charge is -2.13. The van der Waals surface area contributed by atoms with Crippen molar-refractivity contribution >= 4 is 6.03 Å². The largest absolute Gasteiger partial charge is 0.508 e. The molecule has 1 saturated carbocycles. The molecular formula is C13H18N2O2. The molecule has 4 nitrogen and oxygen atoms in total. The van der Waals surface area contributed by atoms with Crippen LogP contribution in [0, 0.1) is 0 Å². The topological polar surface area (TPSA) is 61.4 Å². The van der Waals surface area contributed by atoms with Gasteiger partial charge in [-0.1, -0.05) is 31.0 Å². The minimum absolute atomic E-state index is 0.153. The second kappa shape index (κ2) is 5.57. The van der Waals surface area contributed by atoms with Crippen LogP contribution in [0.25, 0.3) is 0 Å². The van der Waals surface area contributed by atoms with Crippen molar-refractivity contribution in [3.8, 4) is 5.75 Å². The van der Waals surface area contributed by atoms with Crippen molar-refractivity contribution in [2.75, 3.05) is 0 Å². The molecule has 0 atom stereocenters. The average Bonchev–Trinajstić information content (AvgIpc) is 2.81. The van der Waals surface area contributed by atoms with Gasteiger partial charge in [-0.2, -0.15) is 0 Å². The van der Waals surface area contributed by atoms with E-state index in [0.717, 1.165) is 18.4 Å². The first-order chi connectivity index (χ1) is 8.25. The lowest BCUT2D eigenvalue weighted by atomic mass is 10.2. The molecule has 17 heavy (non-hydrogen) atoms. The second-order valence-electron chi connectivity index (χ2n) is 4.44. The Morgan fingerprint density at radius 1 is 1.29 bits per heavy atom. The third-order valence-corrected chi connectivity index (χ3v) is 3.12. The molecule has 0 radical (unpaired) electrons. The average molecular weight is 234 g/mol. The summed E-state index contributed by atoms with van der Waals surface area (Å²) < 4.78 is 0. The highest BCUT2D eigenvalue weighted by Gasteiger charge is 2.16. The van der Waals surface area contributed by atoms with Crippen LogP contribution in [0.3, 0.4) is 0 Å². The van der Waals surface area contributed by atoms with Gasteiger partial charge in [-0.15, -0.1) is 0 Å². The van der Waals surface area contributed by atoms with Gasteiger partial charge in [-0.25, -0.2) is 4.79 Å². The van der Waals surface area contributed by atoms with E-state index in [1.807, 2.05) is 6.07 Å². The van der Waals surface area contributed by atoms with Crippen molar-refractivity contribution in [2.45, 2.75) is 38.3 Å². The zero-order valence-electron chi connectivity index (χ0n) is 9.78. The number of benzene rings is 1. The molecule has 92 valence electrons. The molecule has 0 aliphatic heterocycles. The summed E-state index contributed by atoms with van der Waals surface area (Å²) in [5.41, 5.74) is 0.731. The zero-order chi connectivity index (χ0) is 12.1. The van der Waals surface area contributed by atoms with E-state index in [1.54, 1.807) is 18.2 Å². The highest BCUT2D eigenvalue weighted by molar-refractivity contribution is 5.74. The Hall–Kier alpha value is -1.71. The van der Waals surface area contributed by atoms with E-state index in [-0.39, 0.29) is 11.8 Å². The van der Waals surface area contributed by atoms with Crippen LogP contribution in [0.5, 0.6) is 5.75 Å². The number of carbonyl (C=O) groups excluding carboxylic acids is 1. The van der Waals surface area contributed by atoms with Gasteiger partial charge in [0.05, 0.1) is 0 Å². The predicted molar refractivity (Wildman–Crippen MR) is 65.7 cm³/mol. The summed E-state index contributed by atoms with van der Waals surface area (Å²) in [6, 6.07) is 7.18. The molecule has 2 rings (SSSR count). The highest BCUT2D eigenvalue weighted by Crippen LogP contribution is 2.17. The molecule has 1 aromatic rings. The van der Waals surface area contributed by atoms with E-state index in [2.05, 4.69) is 10.6 Å². The van der Waals surface area contributed by atoms with Gasteiger partial charge in [0.2, 0.25) is 0 Å². The molecule has 2 amide bonds. The van der Waals surface area contributed by atoms with Crippen LogP contribution in [0.15, 0.2) is 24.3 Å². The van der Waals surface area contributed by atoms with Crippen LogP contribution < -0.4 is 10.6 Å². The lowest BCUT2D eigenvalue weighted by Crippen LogP contribution is -2.40. The number of carbonyl (C=O) groups is 1. The second-order valence-corrected chi connectivity index (χ2v) is 4.44. The van der Waals surface area contributed by atoms with Crippen molar-refractivity contribution in [3.63, 3.8) is 0 Å². The summed E-state index contributed by atoms with van der Waals surface area (Å²) in [5, 5.41) is 15.2. The molecule has 0 aromatic heterocycles. The third-order valence-electron chi connectivity index (χ3n) is 3.12. The molecule has 4 heteroatoms. The van der Waals surface area contributed by atoms with Gasteiger partial charge in [0, 0.05) is 18.2 Å². The highest BCUT2D eigenvalue weighted by atomic mass is 16.3. The molecule has 0 bridgehead atoms. The summed E-state index contributed by atoms with van der Waals surface area (Å²) in [5.74, 6) is 0.216. The Balaban J connectivity index is 1.77. The first kappa shape index (κ1) is 11.8. The van der Waals surface area contributed by atoms with Crippen molar-refractivity contribution < 1.29 is 9.90 Å². The van der Waals surface area contributed by atoms with Crippen LogP contribution >= 0.6 is 0 Å². The van der Waals surface area contributed by atoms with Crippen LogP contribution in [-0.2, 0) is 6.54 Å². The molecule has 0 saturated heterocycles. The minimum Gasteiger partial charge on any atom is -0.508 e. The van der Waals surface area contributed by atoms with Crippen LogP contribution in [0.2, 0.25) is 0 Å². The number of phenols is 1. The fraction of sp³-hybridized carbons (Fsp3) is 0.462. The van der Waals surface area contributed by atoms with E-state index in [4.69, 9.17) is 0 Å². The van der Waals surface area contributed by atoms with Gasteiger partial charge < -0.3 is 15.7 Å². The molecule has 1 aliphatic rings. The van der Waals surface area contributed by atoms with E-state index in [9.17, 15) is 9.90 Å². The number of rotatable bonds is 3. The molecule has 3 N–H and O–H groups in total. The number of hydrogen-bond acceptors (Lipinski definition) is 2. The Labute approximate surface area is 101 Å². The number of nitrogens with one attached hydrogen (secondary N) is 2. The summed E-state index contributed by atoms with van der Waals surface area (Å²) in [4.78, 5) is 11.6. The van der Waals surface area contributed by atoms with Gasteiger partial charge in [0.15, 0.2) is 0 Å². The molecule has 0 spiro atoms. The first-order valence-electron chi connectivity index (χ1n) is 6.07. The van der Waals surface area contributed by atoms with E-state index < -0.39 is 0 Å². The maximum absolute atomic E-state index is 11.6. The summed E-state index contributed by atoms with van der Waals surface area (Å²) in [7, 11) is 0. The van der Waals surface area contributed by atoms with Gasteiger partial charge >= 0.3 is 6.03 Å². The minimum atomic E-state index is -0.153. The maximum Gasteiger partial charge on any atom is 0.315 e. The monoisotopic (exact) mass is 234 g/mol. The Morgan fingerprint density at radius 2 is 2.00 bits per heavy atom. The van der Waals surface area contributed by atoms with E-state index in [1.165, 1.54) is 12.8 Å². The smallest absolute Gasteiger partial charge is 0.315 e. The SMILES string of the molecule is O=C(NCc1ccccc1O)NC1CCCC1. The number of aromatic hydroxyl groups is 1. The fourth-order valence-electron chi connectivity index (χ4n) is 2.14. The summed E-state index contributed by atoms with van der Waals surface area (Å²) in [6.07, 6.45) is 4.54. The van der Waals surface area contributed by atoms with E-state index in [0.29, 0.717) is 12.6 Å². The first-order valence-corrected chi connectivity index (χ1v) is 6.07. The van der Waals surface area contributed by atoms with Crippen LogP contribution in [0.4, 0.5) is 4.79 Å². The number of amides is 2. The van der Waals surface area contributed by atoms with Crippen molar-refractivity contribution in [2.24, 2.45) is 0 Å². The summed E-state index contributed by atoms with van der Waals surface area (Å²) in [6.45, 7) is 0.352. The normalized spacial score (nSPS) is 15.8. The van der Waals surface area contributed by atoms with Crippen LogP contribution in [-0.4, -0.2) is 17.2 Å². The van der Waals surface area contributed by atoms with Gasteiger partial charge in [0.1, 0.15) is 5.75 Å². The Kier molecular flexibility index (Phi) is 3.85. The Morgan fingerprint density at radius 3 is 2.71 bits per heavy atom. The van der Waals surface area contributed by atoms with Gasteiger partial charge in [-0.3, -0.25) is 0 Å². The standard InChI is InChI=1S/C13H18N2O2/c16-12-8-4-1-5-10(12)9-14-13(17)15-11-6-2-3-7-11/h1,4-5,8,11,16H,2-3,6-7,9H2,(H2,14,15,17). The summed E-state index contributed by atoms with van der Waals surface area (Å²) >= 11 is 0. The number of urea groups is 1. The number of hydrogen-bond donors (Lipinski definition) is 3. The quantitative estimate of drug-likeness (QED) is 0.750. The molecular weight excluding hydrogens is 216 g/mol. The van der Waals surface area contributed by atoms with Crippen molar-refractivity contribution in [1.82, 2.24) is 10.6 Å². The Bertz CT molecular complexity index is 387. The van der Waals surface area contributed by atoms with Crippen molar-refractivity contribution in [3.05, 3.63) is 29.8 Å². The predicted octanol–water partition coefficient (Wildman–Crippen LogP) is 2.13. The van der Waals surface area contributed by atoms with Crippen LogP contribution in [0.1, 0.15) is 31.2 Å². The zero-order valence-corrected chi connectivity index (χ0v) is 9.78. The molecule has 0 heterocycles. The van der Waals surface area contributed by atoms with Gasteiger partial charge in [0.25, 0.3) is 0 Å². The van der Waals surface area contributed by atoms with E-state index >= 15 is 0 Å². The lowest BCUT2D eigenvalue weighted by molar-refractivity contribution is 0.236. The number of phenolic OH excluding ortho intramolecular Hbond substituents is 1. The molecule has 1 fully saturated rings. The third kappa shape index (κ3) is 3.37. The molecule has 1 aromatic carbocycles. The van der Waals surface area contributed by atoms with Gasteiger partial charge in [-0.05, 0) is 18.9 Å². The fourth-order valence-corrected chi connectivity index (χ4v) is 2.14. The molecule has 1 aliphatic carbocycles. The van der Waals surface area contributed by atoms with Crippen molar-refractivity contribution in [1.29, 1.82) is 0 Å². The maximum atomic E-state index is 11.6. The number of para-hydroxylation sites is 1. The molecule has 0 unspecified atom stereocenters.